The summed E-state index contributed by atoms with van der Waals surface area (Å²) in [5, 5.41) is 5.30. The molecule has 0 fully saturated rings. The summed E-state index contributed by atoms with van der Waals surface area (Å²) in [5.74, 6) is 0.428. The summed E-state index contributed by atoms with van der Waals surface area (Å²) in [6.07, 6.45) is 0.204. The van der Waals surface area contributed by atoms with Crippen LogP contribution in [0.1, 0.15) is 43.5 Å². The van der Waals surface area contributed by atoms with Crippen LogP contribution in [0.5, 0.6) is 5.75 Å². The van der Waals surface area contributed by atoms with Gasteiger partial charge in [-0.2, -0.15) is 0 Å². The highest BCUT2D eigenvalue weighted by Crippen LogP contribution is 2.27. The Balaban J connectivity index is 1.38. The van der Waals surface area contributed by atoms with E-state index in [-0.39, 0.29) is 12.4 Å². The third-order valence-electron chi connectivity index (χ3n) is 5.75. The molecule has 3 aromatic rings. The maximum atomic E-state index is 11.8. The minimum atomic E-state index is -0.869. The van der Waals surface area contributed by atoms with Gasteiger partial charge in [0.2, 0.25) is 0 Å². The van der Waals surface area contributed by atoms with Crippen LogP contribution in [0.3, 0.4) is 0 Å². The predicted molar refractivity (Wildman–Crippen MR) is 127 cm³/mol. The van der Waals surface area contributed by atoms with Crippen LogP contribution in [0, 0.1) is 6.92 Å². The van der Waals surface area contributed by atoms with E-state index in [0.717, 1.165) is 39.2 Å². The van der Waals surface area contributed by atoms with E-state index in [1.165, 1.54) is 0 Å². The van der Waals surface area contributed by atoms with E-state index >= 15 is 0 Å². The number of fused-ring (bicyclic) bond motifs is 1. The van der Waals surface area contributed by atoms with E-state index in [2.05, 4.69) is 22.3 Å². The van der Waals surface area contributed by atoms with Crippen LogP contribution in [0.25, 0.3) is 10.9 Å². The van der Waals surface area contributed by atoms with Gasteiger partial charge in [-0.25, -0.2) is 0 Å². The summed E-state index contributed by atoms with van der Waals surface area (Å²) >= 11 is 0. The van der Waals surface area contributed by atoms with Crippen molar-refractivity contribution in [2.24, 2.45) is 10.9 Å². The van der Waals surface area contributed by atoms with Crippen LogP contribution >= 0.6 is 0 Å². The first-order chi connectivity index (χ1) is 15.9. The number of nitrogens with zero attached hydrogens (tertiary/aromatic N) is 2. The van der Waals surface area contributed by atoms with Gasteiger partial charge in [0.05, 0.1) is 29.8 Å². The Morgan fingerprint density at radius 3 is 2.73 bits per heavy atom. The number of benzene rings is 2. The van der Waals surface area contributed by atoms with Gasteiger partial charge in [-0.1, -0.05) is 23.4 Å². The van der Waals surface area contributed by atoms with E-state index in [1.807, 2.05) is 49.4 Å². The molecule has 0 amide bonds. The monoisotopic (exact) mass is 447 g/mol. The van der Waals surface area contributed by atoms with Crippen molar-refractivity contribution in [2.75, 3.05) is 6.61 Å². The van der Waals surface area contributed by atoms with Crippen LogP contribution < -0.4 is 10.5 Å². The second kappa shape index (κ2) is 9.58. The molecule has 0 aliphatic carbocycles. The molecular weight excluding hydrogens is 418 g/mol. The average molecular weight is 448 g/mol. The zero-order valence-electron chi connectivity index (χ0n) is 19.2. The summed E-state index contributed by atoms with van der Waals surface area (Å²) in [4.78, 5) is 22.0. The zero-order valence-corrected chi connectivity index (χ0v) is 19.2. The second-order valence-electron chi connectivity index (χ2n) is 8.58. The van der Waals surface area contributed by atoms with E-state index in [1.54, 1.807) is 13.8 Å². The van der Waals surface area contributed by atoms with E-state index < -0.39 is 11.6 Å². The molecular formula is C26H29N3O4. The topological polar surface area (TPSA) is 96.0 Å². The fourth-order valence-corrected chi connectivity index (χ4v) is 3.96. The third-order valence-corrected chi connectivity index (χ3v) is 5.75. The van der Waals surface area contributed by atoms with Gasteiger partial charge in [0.25, 0.3) is 0 Å². The summed E-state index contributed by atoms with van der Waals surface area (Å²) < 4.78 is 11.1. The molecule has 0 saturated heterocycles. The third kappa shape index (κ3) is 5.31. The van der Waals surface area contributed by atoms with Gasteiger partial charge in [-0.3, -0.25) is 9.78 Å². The average Bonchev–Trinajstić information content (AvgIpc) is 3.29. The molecule has 2 aromatic carbocycles. The Kier molecular flexibility index (Phi) is 6.60. The molecule has 2 atom stereocenters. The van der Waals surface area contributed by atoms with Crippen molar-refractivity contribution in [1.82, 2.24) is 4.98 Å². The van der Waals surface area contributed by atoms with Gasteiger partial charge in [0.1, 0.15) is 12.4 Å². The molecule has 7 heteroatoms. The number of esters is 1. The second-order valence-corrected chi connectivity index (χ2v) is 8.58. The standard InChI is InChI=1S/C26H29N3O4/c1-4-31-25(30)15-26(3,27)24-14-23(29-33-24)18-9-11-20(12-10-18)32-16-19-13-17(2)28-22-8-6-5-7-21(19)22/h5-13,24H,4,14-16,27H2,1-3H3. The van der Waals surface area contributed by atoms with Gasteiger partial charge in [-0.05, 0) is 62.7 Å². The number of rotatable bonds is 8. The van der Waals surface area contributed by atoms with Crippen LogP contribution in [0.4, 0.5) is 0 Å². The lowest BCUT2D eigenvalue weighted by Gasteiger charge is -2.28. The number of hydrogen-bond donors (Lipinski definition) is 1. The van der Waals surface area contributed by atoms with Crippen LogP contribution in [-0.4, -0.2) is 34.9 Å². The minimum absolute atomic E-state index is 0.0737. The molecule has 2 N–H and O–H groups in total. The van der Waals surface area contributed by atoms with Gasteiger partial charge < -0.3 is 20.0 Å². The molecule has 1 aromatic heterocycles. The first kappa shape index (κ1) is 22.7. The number of ether oxygens (including phenoxy) is 2. The predicted octanol–water partition coefficient (Wildman–Crippen LogP) is 4.29. The first-order valence-electron chi connectivity index (χ1n) is 11.1. The SMILES string of the molecule is CCOC(=O)CC(C)(N)C1CC(c2ccc(OCc3cc(C)nc4ccccc34)cc2)=NO1. The molecule has 2 heterocycles. The van der Waals surface area contributed by atoms with Crippen molar-refractivity contribution in [3.8, 4) is 5.75 Å². The van der Waals surface area contributed by atoms with E-state index in [9.17, 15) is 4.79 Å². The fourth-order valence-electron chi connectivity index (χ4n) is 3.96. The van der Waals surface area contributed by atoms with Gasteiger partial charge in [0, 0.05) is 23.1 Å². The van der Waals surface area contributed by atoms with Gasteiger partial charge >= 0.3 is 5.97 Å². The zero-order chi connectivity index (χ0) is 23.4. The molecule has 4 rings (SSSR count). The summed E-state index contributed by atoms with van der Waals surface area (Å²) in [5.41, 5.74) is 10.2. The van der Waals surface area contributed by atoms with E-state index in [0.29, 0.717) is 19.6 Å². The number of aryl methyl sites for hydroxylation is 1. The Labute approximate surface area is 193 Å². The molecule has 0 spiro atoms. The van der Waals surface area contributed by atoms with Gasteiger partial charge in [-0.15, -0.1) is 0 Å². The molecule has 0 radical (unpaired) electrons. The summed E-state index contributed by atoms with van der Waals surface area (Å²) in [6.45, 7) is 6.32. The number of pyridine rings is 1. The number of para-hydroxylation sites is 1. The first-order valence-corrected chi connectivity index (χ1v) is 11.1. The van der Waals surface area contributed by atoms with Crippen molar-refractivity contribution < 1.29 is 19.1 Å². The molecule has 33 heavy (non-hydrogen) atoms. The lowest BCUT2D eigenvalue weighted by Crippen LogP contribution is -2.50. The Bertz CT molecular complexity index is 1170. The number of carbonyl (C=O) groups is 1. The maximum absolute atomic E-state index is 11.8. The van der Waals surface area contributed by atoms with Crippen LogP contribution in [0.2, 0.25) is 0 Å². The summed E-state index contributed by atoms with van der Waals surface area (Å²) in [7, 11) is 0. The smallest absolute Gasteiger partial charge is 0.307 e. The quantitative estimate of drug-likeness (QED) is 0.518. The number of carbonyl (C=O) groups excluding carboxylic acids is 1. The van der Waals surface area contributed by atoms with Crippen LogP contribution in [-0.2, 0) is 21.0 Å². The molecule has 0 saturated carbocycles. The highest BCUT2D eigenvalue weighted by Gasteiger charge is 2.39. The number of nitrogens with two attached hydrogens (primary N) is 1. The maximum Gasteiger partial charge on any atom is 0.307 e. The lowest BCUT2D eigenvalue weighted by atomic mass is 9.88. The van der Waals surface area contributed by atoms with Crippen molar-refractivity contribution >= 4 is 22.6 Å². The highest BCUT2D eigenvalue weighted by atomic mass is 16.6. The Morgan fingerprint density at radius 1 is 1.21 bits per heavy atom. The number of oxime groups is 1. The Hall–Kier alpha value is -3.45. The highest BCUT2D eigenvalue weighted by molar-refractivity contribution is 6.01. The minimum Gasteiger partial charge on any atom is -0.489 e. The molecule has 172 valence electrons. The fraction of sp³-hybridized carbons (Fsp3) is 0.346. The van der Waals surface area contributed by atoms with Crippen molar-refractivity contribution in [3.63, 3.8) is 0 Å². The van der Waals surface area contributed by atoms with E-state index in [4.69, 9.17) is 20.0 Å². The molecule has 0 bridgehead atoms. The van der Waals surface area contributed by atoms with Crippen LogP contribution in [0.15, 0.2) is 59.8 Å². The lowest BCUT2D eigenvalue weighted by molar-refractivity contribution is -0.145. The largest absolute Gasteiger partial charge is 0.489 e. The normalized spacial score (nSPS) is 17.2. The molecule has 7 nitrogen and oxygen atoms in total. The molecule has 2 unspecified atom stereocenters. The molecule has 1 aliphatic rings. The number of aromatic nitrogens is 1. The van der Waals surface area contributed by atoms with Gasteiger partial charge in [0.15, 0.2) is 6.10 Å². The number of hydrogen-bond acceptors (Lipinski definition) is 7. The summed E-state index contributed by atoms with van der Waals surface area (Å²) in [6, 6.07) is 17.9. The van der Waals surface area contributed by atoms with Crippen molar-refractivity contribution in [3.05, 3.63) is 71.4 Å². The van der Waals surface area contributed by atoms with Crippen molar-refractivity contribution in [1.29, 1.82) is 0 Å². The Morgan fingerprint density at radius 2 is 1.97 bits per heavy atom. The van der Waals surface area contributed by atoms with Crippen molar-refractivity contribution in [2.45, 2.75) is 51.9 Å². The molecule has 1 aliphatic heterocycles.